The zero-order valence-electron chi connectivity index (χ0n) is 11.9. The van der Waals surface area contributed by atoms with E-state index in [0.29, 0.717) is 21.4 Å². The molecule has 0 radical (unpaired) electrons. The third-order valence-electron chi connectivity index (χ3n) is 3.53. The van der Waals surface area contributed by atoms with Crippen LogP contribution < -0.4 is 16.1 Å². The van der Waals surface area contributed by atoms with Crippen LogP contribution in [0.25, 0.3) is 0 Å². The van der Waals surface area contributed by atoms with Gasteiger partial charge in [-0.3, -0.25) is 0 Å². The van der Waals surface area contributed by atoms with Crippen molar-refractivity contribution in [3.8, 4) is 11.8 Å². The van der Waals surface area contributed by atoms with Gasteiger partial charge in [-0.05, 0) is 24.6 Å². The Morgan fingerprint density at radius 1 is 1.26 bits per heavy atom. The summed E-state index contributed by atoms with van der Waals surface area (Å²) in [6.45, 7) is 1.62. The molecule has 0 fully saturated rings. The molecule has 2 heterocycles. The standard InChI is InChI=1S/C16H10Cl2N2O3/c1-7-4-12-14(16(21)22-7)13(9(6-19)15(20)23-12)8-2-3-10(17)11(18)5-8/h2-5,13H,20H2,1H3. The molecule has 2 N–H and O–H groups in total. The molecule has 7 heteroatoms. The number of halogens is 2. The highest BCUT2D eigenvalue weighted by Crippen LogP contribution is 2.41. The summed E-state index contributed by atoms with van der Waals surface area (Å²) >= 11 is 12.0. The number of nitriles is 1. The molecule has 0 spiro atoms. The maximum atomic E-state index is 12.3. The molecule has 0 saturated carbocycles. The molecule has 0 bridgehead atoms. The lowest BCUT2D eigenvalue weighted by atomic mass is 9.84. The van der Waals surface area contributed by atoms with E-state index in [1.54, 1.807) is 31.2 Å². The van der Waals surface area contributed by atoms with E-state index in [1.165, 1.54) is 0 Å². The van der Waals surface area contributed by atoms with Gasteiger partial charge in [-0.2, -0.15) is 5.26 Å². The first-order chi connectivity index (χ1) is 10.9. The predicted molar refractivity (Wildman–Crippen MR) is 85.5 cm³/mol. The number of nitrogens with two attached hydrogens (primary N) is 1. The SMILES string of the molecule is Cc1cc2c(c(=O)o1)C(c1ccc(Cl)c(Cl)c1)C(C#N)=C(N)O2. The average Bonchev–Trinajstić information content (AvgIpc) is 2.48. The van der Waals surface area contributed by atoms with Crippen LogP contribution in [0, 0.1) is 18.3 Å². The topological polar surface area (TPSA) is 89.2 Å². The maximum absolute atomic E-state index is 12.3. The van der Waals surface area contributed by atoms with Crippen molar-refractivity contribution >= 4 is 23.2 Å². The quantitative estimate of drug-likeness (QED) is 0.851. The molecule has 0 aliphatic carbocycles. The van der Waals surface area contributed by atoms with Crippen LogP contribution in [0.4, 0.5) is 0 Å². The number of ether oxygens (including phenoxy) is 1. The minimum absolute atomic E-state index is 0.0546. The molecule has 116 valence electrons. The lowest BCUT2D eigenvalue weighted by molar-refractivity contribution is 0.371. The lowest BCUT2D eigenvalue weighted by Crippen LogP contribution is -2.26. The van der Waals surface area contributed by atoms with Crippen LogP contribution in [0.5, 0.6) is 5.75 Å². The van der Waals surface area contributed by atoms with Crippen molar-refractivity contribution in [1.29, 1.82) is 5.26 Å². The van der Waals surface area contributed by atoms with Crippen molar-refractivity contribution < 1.29 is 9.15 Å². The summed E-state index contributed by atoms with van der Waals surface area (Å²) in [5, 5.41) is 10.1. The molecule has 1 unspecified atom stereocenters. The molecule has 1 aliphatic rings. The van der Waals surface area contributed by atoms with Crippen LogP contribution in [0.1, 0.15) is 22.8 Å². The number of rotatable bonds is 1. The molecular formula is C16H10Cl2N2O3. The van der Waals surface area contributed by atoms with E-state index in [4.69, 9.17) is 38.1 Å². The highest BCUT2D eigenvalue weighted by atomic mass is 35.5. The molecule has 0 amide bonds. The van der Waals surface area contributed by atoms with Crippen molar-refractivity contribution in [2.45, 2.75) is 12.8 Å². The largest absolute Gasteiger partial charge is 0.440 e. The number of benzene rings is 1. The highest BCUT2D eigenvalue weighted by molar-refractivity contribution is 6.42. The average molecular weight is 349 g/mol. The molecular weight excluding hydrogens is 339 g/mol. The Labute approximate surface area is 141 Å². The van der Waals surface area contributed by atoms with Crippen molar-refractivity contribution in [2.24, 2.45) is 5.73 Å². The van der Waals surface area contributed by atoms with Gasteiger partial charge in [0.1, 0.15) is 23.2 Å². The van der Waals surface area contributed by atoms with Crippen LogP contribution in [-0.2, 0) is 0 Å². The second-order valence-electron chi connectivity index (χ2n) is 5.02. The number of nitrogens with zero attached hydrogens (tertiary/aromatic N) is 1. The summed E-state index contributed by atoms with van der Waals surface area (Å²) in [6, 6.07) is 8.41. The van der Waals surface area contributed by atoms with Gasteiger partial charge in [0.05, 0.1) is 21.5 Å². The normalized spacial score (nSPS) is 16.5. The number of fused-ring (bicyclic) bond motifs is 1. The van der Waals surface area contributed by atoms with E-state index in [-0.39, 0.29) is 22.8 Å². The summed E-state index contributed by atoms with van der Waals surface area (Å²) < 4.78 is 10.6. The third kappa shape index (κ3) is 2.56. The molecule has 1 atom stereocenters. The predicted octanol–water partition coefficient (Wildman–Crippen LogP) is 3.47. The summed E-state index contributed by atoms with van der Waals surface area (Å²) in [4.78, 5) is 12.3. The van der Waals surface area contributed by atoms with Gasteiger partial charge in [0.15, 0.2) is 0 Å². The van der Waals surface area contributed by atoms with Crippen LogP contribution in [-0.4, -0.2) is 0 Å². The van der Waals surface area contributed by atoms with Crippen LogP contribution in [0.15, 0.2) is 44.9 Å². The zero-order chi connectivity index (χ0) is 16.7. The Hall–Kier alpha value is -2.42. The van der Waals surface area contributed by atoms with Crippen molar-refractivity contribution in [3.05, 3.63) is 73.1 Å². The van der Waals surface area contributed by atoms with E-state index in [9.17, 15) is 10.1 Å². The number of aryl methyl sites for hydroxylation is 1. The van der Waals surface area contributed by atoms with Gasteiger partial charge in [0, 0.05) is 6.07 Å². The number of hydrogen-bond acceptors (Lipinski definition) is 5. The van der Waals surface area contributed by atoms with Crippen molar-refractivity contribution in [1.82, 2.24) is 0 Å². The van der Waals surface area contributed by atoms with E-state index in [2.05, 4.69) is 0 Å². The molecule has 1 aromatic heterocycles. The molecule has 1 aromatic carbocycles. The second kappa shape index (κ2) is 5.65. The first-order valence-corrected chi connectivity index (χ1v) is 7.35. The van der Waals surface area contributed by atoms with E-state index < -0.39 is 11.5 Å². The van der Waals surface area contributed by atoms with Gasteiger partial charge >= 0.3 is 5.63 Å². The minimum atomic E-state index is -0.727. The summed E-state index contributed by atoms with van der Waals surface area (Å²) in [5.74, 6) is -0.127. The minimum Gasteiger partial charge on any atom is -0.440 e. The molecule has 5 nitrogen and oxygen atoms in total. The van der Waals surface area contributed by atoms with E-state index >= 15 is 0 Å². The second-order valence-corrected chi connectivity index (χ2v) is 5.84. The fourth-order valence-corrected chi connectivity index (χ4v) is 2.85. The van der Waals surface area contributed by atoms with Crippen LogP contribution in [0.2, 0.25) is 10.0 Å². The maximum Gasteiger partial charge on any atom is 0.343 e. The summed E-state index contributed by atoms with van der Waals surface area (Å²) in [7, 11) is 0. The monoisotopic (exact) mass is 348 g/mol. The van der Waals surface area contributed by atoms with Crippen molar-refractivity contribution in [3.63, 3.8) is 0 Å². The van der Waals surface area contributed by atoms with E-state index in [1.807, 2.05) is 6.07 Å². The van der Waals surface area contributed by atoms with Gasteiger partial charge in [0.25, 0.3) is 0 Å². The summed E-state index contributed by atoms with van der Waals surface area (Å²) in [6.07, 6.45) is 0. The molecule has 1 aliphatic heterocycles. The fourth-order valence-electron chi connectivity index (χ4n) is 2.54. The third-order valence-corrected chi connectivity index (χ3v) is 4.27. The van der Waals surface area contributed by atoms with Gasteiger partial charge in [0.2, 0.25) is 5.88 Å². The Bertz CT molecular complexity index is 941. The molecule has 2 aromatic rings. The number of hydrogen-bond donors (Lipinski definition) is 1. The first-order valence-electron chi connectivity index (χ1n) is 6.59. The number of allylic oxidation sites excluding steroid dienone is 1. The van der Waals surface area contributed by atoms with Crippen LogP contribution >= 0.6 is 23.2 Å². The van der Waals surface area contributed by atoms with Crippen LogP contribution in [0.3, 0.4) is 0 Å². The van der Waals surface area contributed by atoms with Gasteiger partial charge in [-0.15, -0.1) is 0 Å². The van der Waals surface area contributed by atoms with Gasteiger partial charge < -0.3 is 14.9 Å². The smallest absolute Gasteiger partial charge is 0.343 e. The Balaban J connectivity index is 2.31. The van der Waals surface area contributed by atoms with Gasteiger partial charge in [-0.25, -0.2) is 4.79 Å². The Kier molecular flexibility index (Phi) is 3.80. The molecule has 23 heavy (non-hydrogen) atoms. The van der Waals surface area contributed by atoms with Gasteiger partial charge in [-0.1, -0.05) is 29.3 Å². The van der Waals surface area contributed by atoms with Crippen molar-refractivity contribution in [2.75, 3.05) is 0 Å². The molecule has 3 rings (SSSR count). The Morgan fingerprint density at radius 3 is 2.65 bits per heavy atom. The summed E-state index contributed by atoms with van der Waals surface area (Å²) in [5.41, 5.74) is 6.18. The lowest BCUT2D eigenvalue weighted by Gasteiger charge is -2.25. The fraction of sp³-hybridized carbons (Fsp3) is 0.125. The first kappa shape index (κ1) is 15.5. The van der Waals surface area contributed by atoms with E-state index in [0.717, 1.165) is 0 Å². The Morgan fingerprint density at radius 2 is 2.00 bits per heavy atom. The highest BCUT2D eigenvalue weighted by Gasteiger charge is 2.34. The zero-order valence-corrected chi connectivity index (χ0v) is 13.4. The molecule has 0 saturated heterocycles.